The Morgan fingerprint density at radius 2 is 2.27 bits per heavy atom. The summed E-state index contributed by atoms with van der Waals surface area (Å²) in [7, 11) is 0. The summed E-state index contributed by atoms with van der Waals surface area (Å²) < 4.78 is 10.7. The summed E-state index contributed by atoms with van der Waals surface area (Å²) in [5, 5.41) is 6.38. The van der Waals surface area contributed by atoms with Gasteiger partial charge in [-0.1, -0.05) is 12.1 Å². The first kappa shape index (κ1) is 14.2. The van der Waals surface area contributed by atoms with Crippen LogP contribution in [0.1, 0.15) is 41.6 Å². The van der Waals surface area contributed by atoms with E-state index < -0.39 is 0 Å². The number of nitrogens with zero attached hydrogens (tertiary/aromatic N) is 3. The van der Waals surface area contributed by atoms with Crippen molar-refractivity contribution < 1.29 is 18.8 Å². The normalized spacial score (nSPS) is 13.4. The first-order valence-corrected chi connectivity index (χ1v) is 6.92. The fourth-order valence-corrected chi connectivity index (χ4v) is 2.12. The van der Waals surface area contributed by atoms with Crippen molar-refractivity contribution in [2.24, 2.45) is 0 Å². The van der Waals surface area contributed by atoms with Crippen LogP contribution in [-0.4, -0.2) is 26.8 Å². The first-order chi connectivity index (χ1) is 10.7. The number of carbonyl (C=O) groups excluding carboxylic acids is 2. The van der Waals surface area contributed by atoms with Crippen molar-refractivity contribution in [3.63, 3.8) is 0 Å². The van der Waals surface area contributed by atoms with Crippen LogP contribution in [0.25, 0.3) is 0 Å². The van der Waals surface area contributed by atoms with Gasteiger partial charge < -0.3 is 14.6 Å². The van der Waals surface area contributed by atoms with Crippen molar-refractivity contribution in [2.75, 3.05) is 5.32 Å². The van der Waals surface area contributed by atoms with Gasteiger partial charge in [0.05, 0.1) is 5.56 Å². The van der Waals surface area contributed by atoms with Crippen LogP contribution in [0.5, 0.6) is 5.88 Å². The fourth-order valence-electron chi connectivity index (χ4n) is 2.12. The summed E-state index contributed by atoms with van der Waals surface area (Å²) in [6.07, 6.45) is 2.58. The van der Waals surface area contributed by atoms with E-state index in [4.69, 9.17) is 9.26 Å². The number of anilines is 1. The molecule has 2 aromatic rings. The number of amides is 1. The van der Waals surface area contributed by atoms with E-state index in [0.717, 1.165) is 5.56 Å². The van der Waals surface area contributed by atoms with E-state index >= 15 is 0 Å². The molecule has 114 valence electrons. The van der Waals surface area contributed by atoms with Gasteiger partial charge in [-0.25, -0.2) is 9.97 Å². The molecule has 0 fully saturated rings. The van der Waals surface area contributed by atoms with Crippen LogP contribution < -0.4 is 10.1 Å². The Balaban J connectivity index is 1.72. The molecule has 3 heterocycles. The van der Waals surface area contributed by atoms with Gasteiger partial charge in [-0.3, -0.25) is 9.59 Å². The fraction of sp³-hybridized carbons (Fsp3) is 0.357. The zero-order valence-corrected chi connectivity index (χ0v) is 12.0. The molecular formula is C14H14N4O4. The lowest BCUT2D eigenvalue weighted by atomic mass is 10.1. The van der Waals surface area contributed by atoms with E-state index in [1.807, 2.05) is 0 Å². The molecule has 0 aromatic carbocycles. The maximum atomic E-state index is 11.5. The largest absolute Gasteiger partial charge is 0.469 e. The monoisotopic (exact) mass is 302 g/mol. The van der Waals surface area contributed by atoms with Crippen LogP contribution in [0.3, 0.4) is 0 Å². The summed E-state index contributed by atoms with van der Waals surface area (Å²) in [5.41, 5.74) is 1.05. The molecule has 0 radical (unpaired) electrons. The zero-order valence-electron chi connectivity index (χ0n) is 12.0. The van der Waals surface area contributed by atoms with Gasteiger partial charge in [0.1, 0.15) is 17.8 Å². The minimum Gasteiger partial charge on any atom is -0.469 e. The quantitative estimate of drug-likeness (QED) is 0.834. The van der Waals surface area contributed by atoms with Gasteiger partial charge in [-0.15, -0.1) is 0 Å². The molecule has 2 aromatic heterocycles. The molecule has 0 saturated carbocycles. The molecule has 1 N–H and O–H groups in total. The lowest BCUT2D eigenvalue weighted by molar-refractivity contribution is -0.116. The van der Waals surface area contributed by atoms with Crippen molar-refractivity contribution in [3.8, 4) is 5.88 Å². The van der Waals surface area contributed by atoms with Gasteiger partial charge in [0.2, 0.25) is 11.8 Å². The number of fused-ring (bicyclic) bond motifs is 1. The second-order valence-corrected chi connectivity index (χ2v) is 4.80. The molecule has 22 heavy (non-hydrogen) atoms. The summed E-state index contributed by atoms with van der Waals surface area (Å²) in [5.74, 6) is 1.14. The molecule has 0 spiro atoms. The lowest BCUT2D eigenvalue weighted by Gasteiger charge is -2.17. The average Bonchev–Trinajstić information content (AvgIpc) is 3.00. The van der Waals surface area contributed by atoms with Gasteiger partial charge in [0.15, 0.2) is 18.2 Å². The average molecular weight is 302 g/mol. The molecule has 8 heteroatoms. The predicted molar refractivity (Wildman–Crippen MR) is 74.4 cm³/mol. The molecule has 0 bridgehead atoms. The lowest BCUT2D eigenvalue weighted by Crippen LogP contribution is -2.21. The van der Waals surface area contributed by atoms with Gasteiger partial charge in [0.25, 0.3) is 0 Å². The second kappa shape index (κ2) is 5.92. The van der Waals surface area contributed by atoms with Crippen molar-refractivity contribution in [3.05, 3.63) is 29.4 Å². The zero-order chi connectivity index (χ0) is 15.5. The molecule has 3 rings (SSSR count). The Morgan fingerprint density at radius 3 is 3.09 bits per heavy atom. The molecule has 1 aliphatic rings. The maximum absolute atomic E-state index is 11.5. The molecule has 0 atom stereocenters. The van der Waals surface area contributed by atoms with Crippen LogP contribution in [0.2, 0.25) is 0 Å². The van der Waals surface area contributed by atoms with Crippen LogP contribution in [0.15, 0.2) is 16.9 Å². The van der Waals surface area contributed by atoms with Gasteiger partial charge in [0, 0.05) is 18.9 Å². The highest BCUT2D eigenvalue weighted by molar-refractivity contribution is 5.94. The van der Waals surface area contributed by atoms with Crippen LogP contribution in [0, 0.1) is 0 Å². The number of aromatic nitrogens is 3. The van der Waals surface area contributed by atoms with Crippen LogP contribution in [0.4, 0.5) is 5.82 Å². The molecule has 8 nitrogen and oxygen atoms in total. The van der Waals surface area contributed by atoms with Crippen LogP contribution >= 0.6 is 0 Å². The Morgan fingerprint density at radius 1 is 1.41 bits per heavy atom. The highest BCUT2D eigenvalue weighted by Gasteiger charge is 2.21. The van der Waals surface area contributed by atoms with E-state index in [-0.39, 0.29) is 24.0 Å². The third-order valence-corrected chi connectivity index (χ3v) is 3.28. The van der Waals surface area contributed by atoms with E-state index in [1.165, 1.54) is 6.33 Å². The van der Waals surface area contributed by atoms with Gasteiger partial charge >= 0.3 is 0 Å². The molecule has 0 aliphatic carbocycles. The summed E-state index contributed by atoms with van der Waals surface area (Å²) in [6.45, 7) is 1.86. The summed E-state index contributed by atoms with van der Waals surface area (Å²) >= 11 is 0. The maximum Gasteiger partial charge on any atom is 0.225 e. The van der Waals surface area contributed by atoms with E-state index in [0.29, 0.717) is 36.7 Å². The summed E-state index contributed by atoms with van der Waals surface area (Å²) in [6, 6.07) is 1.56. The topological polar surface area (TPSA) is 107 Å². The Hall–Kier alpha value is -2.77. The minimum absolute atomic E-state index is 0.0740. The first-order valence-electron chi connectivity index (χ1n) is 6.92. The van der Waals surface area contributed by atoms with E-state index in [1.54, 1.807) is 13.0 Å². The third-order valence-electron chi connectivity index (χ3n) is 3.28. The SMILES string of the molecule is CCC(=O)c1cc(COc2ncnc3c2CCC(=O)N3)on1. The van der Waals surface area contributed by atoms with Crippen molar-refractivity contribution in [1.82, 2.24) is 15.1 Å². The molecular weight excluding hydrogens is 288 g/mol. The predicted octanol–water partition coefficient (Wildman–Crippen LogP) is 1.52. The number of ketones is 1. The number of nitrogens with one attached hydrogen (secondary N) is 1. The number of ether oxygens (including phenoxy) is 1. The Kier molecular flexibility index (Phi) is 3.82. The molecule has 1 amide bonds. The molecule has 0 unspecified atom stereocenters. The number of Topliss-reactive ketones (excluding diaryl/α,β-unsaturated/α-hetero) is 1. The van der Waals surface area contributed by atoms with E-state index in [2.05, 4.69) is 20.4 Å². The standard InChI is InChI=1S/C14H14N4O4/c1-2-11(19)10-5-8(22-18-10)6-21-14-9-3-4-12(20)17-13(9)15-7-16-14/h5,7H,2-4,6H2,1H3,(H,15,16,17,20). The highest BCUT2D eigenvalue weighted by Crippen LogP contribution is 2.27. The number of rotatable bonds is 5. The Labute approximate surface area is 125 Å². The molecule has 0 saturated heterocycles. The van der Waals surface area contributed by atoms with Gasteiger partial charge in [-0.2, -0.15) is 0 Å². The van der Waals surface area contributed by atoms with Crippen molar-refractivity contribution in [1.29, 1.82) is 0 Å². The van der Waals surface area contributed by atoms with Crippen molar-refractivity contribution in [2.45, 2.75) is 32.8 Å². The number of carbonyl (C=O) groups is 2. The van der Waals surface area contributed by atoms with E-state index in [9.17, 15) is 9.59 Å². The number of hydrogen-bond donors (Lipinski definition) is 1. The minimum atomic E-state index is -0.0860. The van der Waals surface area contributed by atoms with Crippen LogP contribution in [-0.2, 0) is 17.8 Å². The number of hydrogen-bond acceptors (Lipinski definition) is 7. The summed E-state index contributed by atoms with van der Waals surface area (Å²) in [4.78, 5) is 30.9. The highest BCUT2D eigenvalue weighted by atomic mass is 16.5. The molecule has 1 aliphatic heterocycles. The van der Waals surface area contributed by atoms with Crippen molar-refractivity contribution >= 4 is 17.5 Å². The van der Waals surface area contributed by atoms with Gasteiger partial charge in [-0.05, 0) is 6.42 Å². The third kappa shape index (κ3) is 2.80. The Bertz CT molecular complexity index is 725. The second-order valence-electron chi connectivity index (χ2n) is 4.80. The smallest absolute Gasteiger partial charge is 0.225 e.